The number of rotatable bonds is 25. The average molecular weight is 1070 g/mol. The molecule has 0 aromatic heterocycles. The molecule has 408 valence electrons. The fourth-order valence-electron chi connectivity index (χ4n) is 10.2. The Morgan fingerprint density at radius 1 is 0.447 bits per heavy atom. The Morgan fingerprint density at radius 3 is 1.03 bits per heavy atom. The van der Waals surface area contributed by atoms with Gasteiger partial charge in [0.2, 0.25) is 11.5 Å². The van der Waals surface area contributed by atoms with Gasteiger partial charge in [-0.15, -0.1) is 0 Å². The molecule has 0 saturated heterocycles. The summed E-state index contributed by atoms with van der Waals surface area (Å²) in [6.45, 7) is 15.4. The molecule has 0 spiro atoms. The van der Waals surface area contributed by atoms with Gasteiger partial charge >= 0.3 is 11.9 Å². The minimum atomic E-state index is -2.91. The smallest absolute Gasteiger partial charge is 0.308 e. The van der Waals surface area contributed by atoms with Gasteiger partial charge in [-0.3, -0.25) is 9.59 Å². The highest BCUT2D eigenvalue weighted by Gasteiger charge is 2.53. The number of methoxy groups -OCH3 is 6. The van der Waals surface area contributed by atoms with Crippen molar-refractivity contribution < 1.29 is 56.7 Å². The van der Waals surface area contributed by atoms with Gasteiger partial charge in [0.25, 0.3) is 16.6 Å². The van der Waals surface area contributed by atoms with Gasteiger partial charge in [0.1, 0.15) is 0 Å². The molecule has 14 heteroatoms. The van der Waals surface area contributed by atoms with E-state index in [1.54, 1.807) is 42.7 Å². The number of carboxylic acid groups (broad SMARTS) is 1. The zero-order valence-corrected chi connectivity index (χ0v) is 48.9. The van der Waals surface area contributed by atoms with Crippen molar-refractivity contribution in [3.05, 3.63) is 157 Å². The Hall–Kier alpha value is -6.59. The van der Waals surface area contributed by atoms with E-state index < -0.39 is 28.7 Å². The summed E-state index contributed by atoms with van der Waals surface area (Å²) in [4.78, 5) is 24.8. The fourth-order valence-corrected chi connectivity index (χ4v) is 19.7. The molecular formula is C62H80O12Si2. The lowest BCUT2D eigenvalue weighted by Gasteiger charge is -2.45. The summed E-state index contributed by atoms with van der Waals surface area (Å²) in [6.07, 6.45) is 1.44. The summed E-state index contributed by atoms with van der Waals surface area (Å²) in [5, 5.41) is 13.9. The molecule has 6 rings (SSSR count). The second kappa shape index (κ2) is 28.0. The first-order chi connectivity index (χ1) is 36.4. The number of aliphatic carboxylic acids is 1. The van der Waals surface area contributed by atoms with E-state index in [9.17, 15) is 14.7 Å². The molecule has 2 atom stereocenters. The summed E-state index contributed by atoms with van der Waals surface area (Å²) in [6, 6.07) is 49.1. The van der Waals surface area contributed by atoms with Crippen LogP contribution in [0.1, 0.15) is 85.3 Å². The predicted octanol–water partition coefficient (Wildman–Crippen LogP) is 10.6. The van der Waals surface area contributed by atoms with Crippen molar-refractivity contribution in [2.24, 2.45) is 0 Å². The van der Waals surface area contributed by atoms with Gasteiger partial charge in [0.15, 0.2) is 23.0 Å². The maximum atomic E-state index is 12.8. The summed E-state index contributed by atoms with van der Waals surface area (Å²) < 4.78 is 53.3. The molecule has 0 radical (unpaired) electrons. The van der Waals surface area contributed by atoms with Crippen LogP contribution in [0.25, 0.3) is 0 Å². The summed E-state index contributed by atoms with van der Waals surface area (Å²) >= 11 is 0. The average Bonchev–Trinajstić information content (AvgIpc) is 3.46. The van der Waals surface area contributed by atoms with Crippen LogP contribution in [0.4, 0.5) is 0 Å². The molecule has 12 nitrogen and oxygen atoms in total. The Labute approximate surface area is 453 Å². The first-order valence-electron chi connectivity index (χ1n) is 25.9. The van der Waals surface area contributed by atoms with E-state index in [2.05, 4.69) is 114 Å². The molecule has 0 fully saturated rings. The number of carbonyl (C=O) groups is 2. The van der Waals surface area contributed by atoms with Crippen LogP contribution in [0.15, 0.2) is 146 Å². The van der Waals surface area contributed by atoms with E-state index in [4.69, 9.17) is 42.0 Å². The van der Waals surface area contributed by atoms with Crippen LogP contribution in [-0.4, -0.2) is 95.2 Å². The van der Waals surface area contributed by atoms with Crippen LogP contribution in [0.5, 0.6) is 34.5 Å². The second-order valence-corrected chi connectivity index (χ2v) is 29.0. The first kappa shape index (κ1) is 60.3. The zero-order chi connectivity index (χ0) is 55.5. The summed E-state index contributed by atoms with van der Waals surface area (Å²) in [5.41, 5.74) is 1.86. The lowest BCUT2D eigenvalue weighted by atomic mass is 10.0. The Bertz CT molecular complexity index is 2650. The van der Waals surface area contributed by atoms with Gasteiger partial charge in [0, 0.05) is 0 Å². The van der Waals surface area contributed by atoms with Gasteiger partial charge in [-0.05, 0) is 86.7 Å². The van der Waals surface area contributed by atoms with Crippen LogP contribution in [0.3, 0.4) is 0 Å². The molecular weight excluding hydrogens is 993 g/mol. The second-order valence-electron chi connectivity index (χ2n) is 20.5. The number of aryl methyl sites for hydroxylation is 2. The number of hydrogen-bond acceptors (Lipinski definition) is 11. The molecule has 6 aromatic rings. The standard InChI is InChI=1S/C32H42O6Si.C30H38O6Si/c1-8-37-29(33)23-25(21-19-24-20-22-28(34-5)31(36-7)30(24)35-6)38-39(32(2,3)4,26-15-11-9-12-16-26)27-17-13-10-14-18-27;1-30(2,3)37(24-13-9-7-10-14-24,25-15-11-8-12-16-25)36-23(21-27(31)32)19-17-22-18-20-26(33-4)29(35-6)28(22)34-5/h9-18,20,22,25H,8,19,21,23H2,1-7H3;7-16,18,20,23H,17,19,21H2,1-6H3,(H,31,32). The minimum Gasteiger partial charge on any atom is -0.493 e. The van der Waals surface area contributed by atoms with Crippen LogP contribution < -0.4 is 49.2 Å². The van der Waals surface area contributed by atoms with Crippen molar-refractivity contribution in [1.29, 1.82) is 0 Å². The van der Waals surface area contributed by atoms with Crippen molar-refractivity contribution in [3.8, 4) is 34.5 Å². The number of esters is 1. The normalized spacial score (nSPS) is 12.5. The van der Waals surface area contributed by atoms with E-state index in [1.807, 2.05) is 79.7 Å². The van der Waals surface area contributed by atoms with Crippen LogP contribution in [0.2, 0.25) is 10.1 Å². The Morgan fingerprint density at radius 2 is 0.763 bits per heavy atom. The van der Waals surface area contributed by atoms with Crippen LogP contribution in [-0.2, 0) is 36.0 Å². The van der Waals surface area contributed by atoms with Gasteiger partial charge < -0.3 is 47.1 Å². The first-order valence-corrected chi connectivity index (χ1v) is 29.7. The molecule has 0 bridgehead atoms. The van der Waals surface area contributed by atoms with E-state index >= 15 is 0 Å². The van der Waals surface area contributed by atoms with Crippen molar-refractivity contribution in [1.82, 2.24) is 0 Å². The molecule has 0 aliphatic carbocycles. The third-order valence-corrected chi connectivity index (χ3v) is 23.8. The topological polar surface area (TPSA) is 137 Å². The third-order valence-electron chi connectivity index (χ3n) is 13.7. The molecule has 0 amide bonds. The molecule has 0 aliphatic heterocycles. The molecule has 1 N–H and O–H groups in total. The maximum absolute atomic E-state index is 12.8. The predicted molar refractivity (Wildman–Crippen MR) is 307 cm³/mol. The number of ether oxygens (including phenoxy) is 7. The maximum Gasteiger partial charge on any atom is 0.308 e. The number of carbonyl (C=O) groups excluding carboxylic acids is 1. The van der Waals surface area contributed by atoms with Crippen molar-refractivity contribution in [2.45, 2.75) is 109 Å². The minimum absolute atomic E-state index is 0.0971. The number of benzene rings is 6. The lowest BCUT2D eigenvalue weighted by Crippen LogP contribution is -2.67. The van der Waals surface area contributed by atoms with Gasteiger partial charge in [-0.25, -0.2) is 0 Å². The highest BCUT2D eigenvalue weighted by Crippen LogP contribution is 2.44. The van der Waals surface area contributed by atoms with Crippen LogP contribution >= 0.6 is 0 Å². The number of carboxylic acids is 1. The molecule has 0 saturated carbocycles. The van der Waals surface area contributed by atoms with Crippen molar-refractivity contribution in [3.63, 3.8) is 0 Å². The van der Waals surface area contributed by atoms with Gasteiger partial charge in [0.05, 0.1) is 74.3 Å². The highest BCUT2D eigenvalue weighted by molar-refractivity contribution is 7.00. The van der Waals surface area contributed by atoms with Crippen LogP contribution in [0, 0.1) is 0 Å². The molecule has 6 aromatic carbocycles. The van der Waals surface area contributed by atoms with Crippen molar-refractivity contribution >= 4 is 49.3 Å². The monoisotopic (exact) mass is 1070 g/mol. The van der Waals surface area contributed by atoms with E-state index in [-0.39, 0.29) is 35.0 Å². The summed E-state index contributed by atoms with van der Waals surface area (Å²) in [5.74, 6) is 2.30. The van der Waals surface area contributed by atoms with Gasteiger partial charge in [-0.1, -0.05) is 175 Å². The molecule has 0 heterocycles. The SMILES string of the molecule is CCOC(=O)CC(CCc1ccc(OC)c(OC)c1OC)O[Si](c1ccccc1)(c1ccccc1)C(C)(C)C.COc1ccc(CCC(CC(=O)O)O[Si](c2ccccc2)(c2ccccc2)C(C)(C)C)c(OC)c1OC. The van der Waals surface area contributed by atoms with Gasteiger partial charge in [-0.2, -0.15) is 0 Å². The fraction of sp³-hybridized carbons (Fsp3) is 0.387. The Kier molecular flexibility index (Phi) is 22.2. The largest absolute Gasteiger partial charge is 0.493 e. The highest BCUT2D eigenvalue weighted by atomic mass is 28.4. The molecule has 76 heavy (non-hydrogen) atoms. The number of hydrogen-bond donors (Lipinski definition) is 1. The van der Waals surface area contributed by atoms with E-state index in [1.165, 1.54) is 10.4 Å². The molecule has 2 unspecified atom stereocenters. The summed E-state index contributed by atoms with van der Waals surface area (Å²) in [7, 11) is 3.77. The van der Waals surface area contributed by atoms with Crippen molar-refractivity contribution in [2.75, 3.05) is 49.3 Å². The third kappa shape index (κ3) is 14.3. The van der Waals surface area contributed by atoms with E-state index in [0.29, 0.717) is 66.8 Å². The quantitative estimate of drug-likeness (QED) is 0.0432. The Balaban J connectivity index is 0.000000281. The molecule has 0 aliphatic rings. The zero-order valence-electron chi connectivity index (χ0n) is 46.9. The lowest BCUT2D eigenvalue weighted by molar-refractivity contribution is -0.145. The van der Waals surface area contributed by atoms with E-state index in [0.717, 1.165) is 21.5 Å².